The van der Waals surface area contributed by atoms with E-state index in [9.17, 15) is 4.79 Å². The lowest BCUT2D eigenvalue weighted by atomic mass is 9.98. The highest BCUT2D eigenvalue weighted by Gasteiger charge is 2.18. The van der Waals surface area contributed by atoms with Gasteiger partial charge in [0.25, 0.3) is 0 Å². The van der Waals surface area contributed by atoms with Crippen molar-refractivity contribution in [2.45, 2.75) is 58.1 Å². The van der Waals surface area contributed by atoms with Gasteiger partial charge in [-0.2, -0.15) is 0 Å². The average Bonchev–Trinajstić information content (AvgIpc) is 2.18. The Bertz CT molecular complexity index is 240. The molecule has 86 valence electrons. The molecule has 0 radical (unpaired) electrons. The van der Waals surface area contributed by atoms with Gasteiger partial charge in [0.15, 0.2) is 0 Å². The van der Waals surface area contributed by atoms with Crippen LogP contribution in [0.3, 0.4) is 0 Å². The third-order valence-corrected chi connectivity index (χ3v) is 2.66. The Morgan fingerprint density at radius 1 is 1.40 bits per heavy atom. The molecule has 1 fully saturated rings. The fourth-order valence-corrected chi connectivity index (χ4v) is 1.89. The fraction of sp³-hybridized carbons (Fsp3) is 0.750. The first kappa shape index (κ1) is 12.2. The molecule has 0 aromatic carbocycles. The van der Waals surface area contributed by atoms with Crippen molar-refractivity contribution in [2.24, 2.45) is 5.73 Å². The Labute approximate surface area is 91.7 Å². The predicted octanol–water partition coefficient (Wildman–Crippen LogP) is 2.16. The summed E-state index contributed by atoms with van der Waals surface area (Å²) in [6.07, 6.45) is 7.51. The van der Waals surface area contributed by atoms with Crippen LogP contribution in [-0.2, 0) is 9.53 Å². The van der Waals surface area contributed by atoms with E-state index in [1.54, 1.807) is 13.0 Å². The molecule has 3 nitrogen and oxygen atoms in total. The second-order valence-corrected chi connectivity index (χ2v) is 4.37. The van der Waals surface area contributed by atoms with Crippen molar-refractivity contribution in [3.05, 3.63) is 11.6 Å². The van der Waals surface area contributed by atoms with Crippen molar-refractivity contribution in [1.29, 1.82) is 0 Å². The predicted molar refractivity (Wildman–Crippen MR) is 60.4 cm³/mol. The van der Waals surface area contributed by atoms with Gasteiger partial charge < -0.3 is 10.5 Å². The highest BCUT2D eigenvalue weighted by Crippen LogP contribution is 2.21. The van der Waals surface area contributed by atoms with Gasteiger partial charge in [-0.3, -0.25) is 0 Å². The molecule has 1 saturated carbocycles. The number of esters is 1. The van der Waals surface area contributed by atoms with Crippen LogP contribution in [0.1, 0.15) is 46.0 Å². The maximum absolute atomic E-state index is 11.6. The first-order valence-corrected chi connectivity index (χ1v) is 5.74. The number of rotatable bonds is 3. The van der Waals surface area contributed by atoms with Crippen LogP contribution in [0.15, 0.2) is 11.6 Å². The summed E-state index contributed by atoms with van der Waals surface area (Å²) in [5, 5.41) is 0. The topological polar surface area (TPSA) is 52.3 Å². The van der Waals surface area contributed by atoms with Crippen molar-refractivity contribution in [2.75, 3.05) is 0 Å². The standard InChI is InChI=1S/C12H21NO2/c1-9(8-10(2)13)12(14)15-11-6-4-3-5-7-11/h8,10-11H,3-7,13H2,1-2H3. The van der Waals surface area contributed by atoms with E-state index in [1.807, 2.05) is 6.92 Å². The summed E-state index contributed by atoms with van der Waals surface area (Å²) >= 11 is 0. The molecule has 0 spiro atoms. The monoisotopic (exact) mass is 211 g/mol. The van der Waals surface area contributed by atoms with Gasteiger partial charge in [0, 0.05) is 11.6 Å². The van der Waals surface area contributed by atoms with Gasteiger partial charge in [-0.15, -0.1) is 0 Å². The molecule has 1 atom stereocenters. The molecule has 0 bridgehead atoms. The number of nitrogens with two attached hydrogens (primary N) is 1. The van der Waals surface area contributed by atoms with Crippen LogP contribution in [-0.4, -0.2) is 18.1 Å². The van der Waals surface area contributed by atoms with Crippen molar-refractivity contribution in [1.82, 2.24) is 0 Å². The zero-order chi connectivity index (χ0) is 11.3. The first-order chi connectivity index (χ1) is 7.09. The molecule has 1 rings (SSSR count). The highest BCUT2D eigenvalue weighted by atomic mass is 16.5. The van der Waals surface area contributed by atoms with Crippen molar-refractivity contribution >= 4 is 5.97 Å². The summed E-state index contributed by atoms with van der Waals surface area (Å²) in [6, 6.07) is -0.0936. The zero-order valence-electron chi connectivity index (χ0n) is 9.66. The SMILES string of the molecule is CC(=CC(C)N)C(=O)OC1CCCCC1. The van der Waals surface area contributed by atoms with Crippen LogP contribution in [0, 0.1) is 0 Å². The molecule has 1 aliphatic rings. The smallest absolute Gasteiger partial charge is 0.333 e. The van der Waals surface area contributed by atoms with E-state index in [2.05, 4.69) is 0 Å². The fourth-order valence-electron chi connectivity index (χ4n) is 1.89. The van der Waals surface area contributed by atoms with E-state index >= 15 is 0 Å². The Balaban J connectivity index is 2.40. The van der Waals surface area contributed by atoms with Gasteiger partial charge in [0.2, 0.25) is 0 Å². The van der Waals surface area contributed by atoms with E-state index in [0.29, 0.717) is 5.57 Å². The van der Waals surface area contributed by atoms with Gasteiger partial charge >= 0.3 is 5.97 Å². The average molecular weight is 211 g/mol. The Morgan fingerprint density at radius 2 is 2.00 bits per heavy atom. The molecule has 1 aliphatic carbocycles. The molecular weight excluding hydrogens is 190 g/mol. The molecule has 2 N–H and O–H groups in total. The molecule has 3 heteroatoms. The number of ether oxygens (including phenoxy) is 1. The molecule has 0 amide bonds. The minimum atomic E-state index is -0.209. The molecule has 0 aromatic rings. The van der Waals surface area contributed by atoms with Crippen LogP contribution in [0.5, 0.6) is 0 Å². The van der Waals surface area contributed by atoms with Crippen LogP contribution in [0.25, 0.3) is 0 Å². The number of carbonyl (C=O) groups excluding carboxylic acids is 1. The number of hydrogen-bond acceptors (Lipinski definition) is 3. The minimum absolute atomic E-state index is 0.0936. The largest absolute Gasteiger partial charge is 0.459 e. The Hall–Kier alpha value is -0.830. The summed E-state index contributed by atoms with van der Waals surface area (Å²) in [4.78, 5) is 11.6. The van der Waals surface area contributed by atoms with Crippen molar-refractivity contribution in [3.8, 4) is 0 Å². The van der Waals surface area contributed by atoms with E-state index in [-0.39, 0.29) is 18.1 Å². The Kier molecular flexibility index (Phi) is 4.82. The summed E-state index contributed by atoms with van der Waals surface area (Å²) in [7, 11) is 0. The zero-order valence-corrected chi connectivity index (χ0v) is 9.66. The van der Waals surface area contributed by atoms with Gasteiger partial charge in [0.1, 0.15) is 6.10 Å². The van der Waals surface area contributed by atoms with Gasteiger partial charge in [-0.1, -0.05) is 12.5 Å². The molecule has 1 unspecified atom stereocenters. The summed E-state index contributed by atoms with van der Waals surface area (Å²) in [5.41, 5.74) is 6.20. The van der Waals surface area contributed by atoms with E-state index < -0.39 is 0 Å². The highest BCUT2D eigenvalue weighted by molar-refractivity contribution is 5.87. The third kappa shape index (κ3) is 4.47. The molecule has 15 heavy (non-hydrogen) atoms. The maximum Gasteiger partial charge on any atom is 0.333 e. The normalized spacial score (nSPS) is 21.1. The van der Waals surface area contributed by atoms with Crippen molar-refractivity contribution in [3.63, 3.8) is 0 Å². The second-order valence-electron chi connectivity index (χ2n) is 4.37. The van der Waals surface area contributed by atoms with Crippen LogP contribution in [0.2, 0.25) is 0 Å². The number of hydrogen-bond donors (Lipinski definition) is 1. The molecular formula is C12H21NO2. The van der Waals surface area contributed by atoms with Gasteiger partial charge in [-0.25, -0.2) is 4.79 Å². The summed E-state index contributed by atoms with van der Waals surface area (Å²) in [5.74, 6) is -0.209. The van der Waals surface area contributed by atoms with E-state index in [0.717, 1.165) is 12.8 Å². The van der Waals surface area contributed by atoms with Crippen molar-refractivity contribution < 1.29 is 9.53 Å². The summed E-state index contributed by atoms with van der Waals surface area (Å²) < 4.78 is 5.39. The Morgan fingerprint density at radius 3 is 2.53 bits per heavy atom. The van der Waals surface area contributed by atoms with Crippen LogP contribution < -0.4 is 5.73 Å². The first-order valence-electron chi connectivity index (χ1n) is 5.74. The minimum Gasteiger partial charge on any atom is -0.459 e. The molecule has 0 heterocycles. The van der Waals surface area contributed by atoms with E-state index in [4.69, 9.17) is 10.5 Å². The van der Waals surface area contributed by atoms with Crippen LogP contribution in [0.4, 0.5) is 0 Å². The van der Waals surface area contributed by atoms with Gasteiger partial charge in [-0.05, 0) is 39.5 Å². The molecule has 0 saturated heterocycles. The molecule has 0 aliphatic heterocycles. The second kappa shape index (κ2) is 5.91. The van der Waals surface area contributed by atoms with Crippen LogP contribution >= 0.6 is 0 Å². The maximum atomic E-state index is 11.6. The lowest BCUT2D eigenvalue weighted by Crippen LogP contribution is -2.22. The lowest BCUT2D eigenvalue weighted by molar-refractivity contribution is -0.145. The summed E-state index contributed by atoms with van der Waals surface area (Å²) in [6.45, 7) is 3.60. The number of carbonyl (C=O) groups is 1. The lowest BCUT2D eigenvalue weighted by Gasteiger charge is -2.22. The van der Waals surface area contributed by atoms with E-state index in [1.165, 1.54) is 19.3 Å². The van der Waals surface area contributed by atoms with Gasteiger partial charge in [0.05, 0.1) is 0 Å². The molecule has 0 aromatic heterocycles. The quantitative estimate of drug-likeness (QED) is 0.575. The third-order valence-electron chi connectivity index (χ3n) is 2.66.